The number of aromatic carboxylic acids is 1. The third-order valence-corrected chi connectivity index (χ3v) is 2.41. The van der Waals surface area contributed by atoms with Gasteiger partial charge >= 0.3 is 5.97 Å². The summed E-state index contributed by atoms with van der Waals surface area (Å²) >= 11 is 0. The summed E-state index contributed by atoms with van der Waals surface area (Å²) in [5.74, 6) is -0.268. The highest BCUT2D eigenvalue weighted by atomic mass is 16.5. The minimum atomic E-state index is -1.08. The van der Waals surface area contributed by atoms with Crippen LogP contribution in [-0.4, -0.2) is 16.1 Å². The molecule has 0 bridgehead atoms. The second-order valence-corrected chi connectivity index (χ2v) is 3.76. The minimum absolute atomic E-state index is 0.0209. The number of aromatic nitrogens is 1. The van der Waals surface area contributed by atoms with E-state index in [0.717, 1.165) is 5.69 Å². The third-order valence-electron chi connectivity index (χ3n) is 2.41. The standard InChI is InChI=1S/C13H12N2O3/c1-8-5-6-9(7-15-8)18-11-4-2-3-10(12(11)14)13(16)17/h2-7H,14H2,1H3,(H,16,17). The molecule has 5 nitrogen and oxygen atoms in total. The molecule has 0 saturated heterocycles. The second kappa shape index (κ2) is 4.75. The Labute approximate surface area is 104 Å². The molecule has 0 fully saturated rings. The van der Waals surface area contributed by atoms with Crippen molar-refractivity contribution in [3.8, 4) is 11.5 Å². The number of anilines is 1. The first-order valence-electron chi connectivity index (χ1n) is 5.30. The average Bonchev–Trinajstić information content (AvgIpc) is 2.34. The highest BCUT2D eigenvalue weighted by molar-refractivity contribution is 5.95. The van der Waals surface area contributed by atoms with E-state index in [1.807, 2.05) is 6.92 Å². The van der Waals surface area contributed by atoms with Crippen LogP contribution in [0.2, 0.25) is 0 Å². The molecule has 0 aliphatic carbocycles. The smallest absolute Gasteiger partial charge is 0.337 e. The lowest BCUT2D eigenvalue weighted by Gasteiger charge is -2.09. The molecule has 92 valence electrons. The van der Waals surface area contributed by atoms with Crippen molar-refractivity contribution in [3.63, 3.8) is 0 Å². The van der Waals surface area contributed by atoms with Crippen LogP contribution in [0.3, 0.4) is 0 Å². The molecule has 0 aliphatic heterocycles. The molecule has 2 aromatic rings. The van der Waals surface area contributed by atoms with Crippen LogP contribution in [0.15, 0.2) is 36.5 Å². The molecule has 0 atom stereocenters. The first-order valence-corrected chi connectivity index (χ1v) is 5.30. The van der Waals surface area contributed by atoms with Crippen molar-refractivity contribution in [2.45, 2.75) is 6.92 Å². The molecule has 0 saturated carbocycles. The van der Waals surface area contributed by atoms with Gasteiger partial charge in [0.2, 0.25) is 0 Å². The SMILES string of the molecule is Cc1ccc(Oc2cccc(C(=O)O)c2N)cn1. The fourth-order valence-electron chi connectivity index (χ4n) is 1.46. The average molecular weight is 244 g/mol. The molecule has 1 heterocycles. The maximum absolute atomic E-state index is 10.9. The summed E-state index contributed by atoms with van der Waals surface area (Å²) in [5.41, 5.74) is 6.73. The Morgan fingerprint density at radius 3 is 2.72 bits per heavy atom. The lowest BCUT2D eigenvalue weighted by Crippen LogP contribution is -2.03. The number of carbonyl (C=O) groups is 1. The van der Waals surface area contributed by atoms with Crippen LogP contribution in [0.1, 0.15) is 16.1 Å². The monoisotopic (exact) mass is 244 g/mol. The number of pyridine rings is 1. The normalized spacial score (nSPS) is 10.1. The summed E-state index contributed by atoms with van der Waals surface area (Å²) in [7, 11) is 0. The summed E-state index contributed by atoms with van der Waals surface area (Å²) in [6.07, 6.45) is 1.56. The Hall–Kier alpha value is -2.56. The molecule has 0 aliphatic rings. The van der Waals surface area contributed by atoms with Crippen LogP contribution >= 0.6 is 0 Å². The zero-order valence-electron chi connectivity index (χ0n) is 9.75. The molecular formula is C13H12N2O3. The zero-order valence-corrected chi connectivity index (χ0v) is 9.75. The molecule has 18 heavy (non-hydrogen) atoms. The van der Waals surface area contributed by atoms with E-state index in [4.69, 9.17) is 15.6 Å². The molecule has 0 spiro atoms. The first kappa shape index (κ1) is 11.9. The number of para-hydroxylation sites is 1. The minimum Gasteiger partial charge on any atom is -0.478 e. The largest absolute Gasteiger partial charge is 0.478 e. The highest BCUT2D eigenvalue weighted by Crippen LogP contribution is 2.29. The summed E-state index contributed by atoms with van der Waals surface area (Å²) in [6.45, 7) is 1.86. The fourth-order valence-corrected chi connectivity index (χ4v) is 1.46. The number of nitrogens with zero attached hydrogens (tertiary/aromatic N) is 1. The maximum Gasteiger partial charge on any atom is 0.337 e. The van der Waals surface area contributed by atoms with Crippen molar-refractivity contribution in [2.75, 3.05) is 5.73 Å². The summed E-state index contributed by atoms with van der Waals surface area (Å²) < 4.78 is 5.50. The molecule has 0 unspecified atom stereocenters. The van der Waals surface area contributed by atoms with E-state index in [2.05, 4.69) is 4.98 Å². The van der Waals surface area contributed by atoms with Gasteiger partial charge in [0.1, 0.15) is 5.75 Å². The number of ether oxygens (including phenoxy) is 1. The Kier molecular flexibility index (Phi) is 3.14. The molecule has 1 aromatic carbocycles. The first-order chi connectivity index (χ1) is 8.58. The highest BCUT2D eigenvalue weighted by Gasteiger charge is 2.12. The molecule has 2 rings (SSSR count). The van der Waals surface area contributed by atoms with Gasteiger partial charge in [0.15, 0.2) is 5.75 Å². The van der Waals surface area contributed by atoms with Gasteiger partial charge in [-0.1, -0.05) is 6.07 Å². The maximum atomic E-state index is 10.9. The molecule has 5 heteroatoms. The third kappa shape index (κ3) is 2.40. The van der Waals surface area contributed by atoms with E-state index in [1.165, 1.54) is 6.07 Å². The van der Waals surface area contributed by atoms with E-state index < -0.39 is 5.97 Å². The van der Waals surface area contributed by atoms with E-state index >= 15 is 0 Å². The van der Waals surface area contributed by atoms with Gasteiger partial charge in [0.25, 0.3) is 0 Å². The van der Waals surface area contributed by atoms with Crippen molar-refractivity contribution in [1.29, 1.82) is 0 Å². The molecule has 0 amide bonds. The summed E-state index contributed by atoms with van der Waals surface area (Å²) in [6, 6.07) is 8.16. The van der Waals surface area contributed by atoms with Crippen molar-refractivity contribution in [1.82, 2.24) is 4.98 Å². The molecule has 3 N–H and O–H groups in total. The number of carboxylic acid groups (broad SMARTS) is 1. The van der Waals surface area contributed by atoms with Crippen LogP contribution in [0, 0.1) is 6.92 Å². The lowest BCUT2D eigenvalue weighted by molar-refractivity contribution is 0.0697. The predicted octanol–water partition coefficient (Wildman–Crippen LogP) is 2.46. The Morgan fingerprint density at radius 2 is 2.11 bits per heavy atom. The number of benzene rings is 1. The van der Waals surface area contributed by atoms with Gasteiger partial charge in [-0.3, -0.25) is 4.98 Å². The summed E-state index contributed by atoms with van der Waals surface area (Å²) in [5, 5.41) is 8.94. The molecular weight excluding hydrogens is 232 g/mol. The molecule has 1 aromatic heterocycles. The topological polar surface area (TPSA) is 85.4 Å². The number of hydrogen-bond acceptors (Lipinski definition) is 4. The number of carboxylic acids is 1. The van der Waals surface area contributed by atoms with Gasteiger partial charge in [-0.15, -0.1) is 0 Å². The number of nitrogens with two attached hydrogens (primary N) is 1. The van der Waals surface area contributed by atoms with Crippen molar-refractivity contribution in [2.24, 2.45) is 0 Å². The predicted molar refractivity (Wildman–Crippen MR) is 66.9 cm³/mol. The van der Waals surface area contributed by atoms with Crippen molar-refractivity contribution < 1.29 is 14.6 Å². The van der Waals surface area contributed by atoms with E-state index in [0.29, 0.717) is 11.5 Å². The summed E-state index contributed by atoms with van der Waals surface area (Å²) in [4.78, 5) is 15.0. The van der Waals surface area contributed by atoms with Crippen molar-refractivity contribution >= 4 is 11.7 Å². The van der Waals surface area contributed by atoms with Gasteiger partial charge in [0, 0.05) is 5.69 Å². The van der Waals surface area contributed by atoms with Gasteiger partial charge < -0.3 is 15.6 Å². The Balaban J connectivity index is 2.32. The fraction of sp³-hybridized carbons (Fsp3) is 0.0769. The van der Waals surface area contributed by atoms with Crippen LogP contribution in [0.5, 0.6) is 11.5 Å². The van der Waals surface area contributed by atoms with E-state index in [-0.39, 0.29) is 11.3 Å². The van der Waals surface area contributed by atoms with Crippen LogP contribution in [-0.2, 0) is 0 Å². The number of rotatable bonds is 3. The van der Waals surface area contributed by atoms with E-state index in [9.17, 15) is 4.79 Å². The lowest BCUT2D eigenvalue weighted by atomic mass is 10.1. The van der Waals surface area contributed by atoms with Gasteiger partial charge in [-0.05, 0) is 31.2 Å². The van der Waals surface area contributed by atoms with Gasteiger partial charge in [-0.2, -0.15) is 0 Å². The Bertz CT molecular complexity index is 579. The number of nitrogen functional groups attached to an aromatic ring is 1. The second-order valence-electron chi connectivity index (χ2n) is 3.76. The Morgan fingerprint density at radius 1 is 1.33 bits per heavy atom. The van der Waals surface area contributed by atoms with Gasteiger partial charge in [0.05, 0.1) is 17.4 Å². The number of aryl methyl sites for hydroxylation is 1. The van der Waals surface area contributed by atoms with Gasteiger partial charge in [-0.25, -0.2) is 4.79 Å². The molecule has 0 radical (unpaired) electrons. The van der Waals surface area contributed by atoms with Crippen LogP contribution < -0.4 is 10.5 Å². The van der Waals surface area contributed by atoms with Crippen LogP contribution in [0.25, 0.3) is 0 Å². The number of hydrogen-bond donors (Lipinski definition) is 2. The van der Waals surface area contributed by atoms with Crippen LogP contribution in [0.4, 0.5) is 5.69 Å². The van der Waals surface area contributed by atoms with Crippen molar-refractivity contribution in [3.05, 3.63) is 47.8 Å². The quantitative estimate of drug-likeness (QED) is 0.810. The van der Waals surface area contributed by atoms with E-state index in [1.54, 1.807) is 30.5 Å². The zero-order chi connectivity index (χ0) is 13.1.